The molecule has 6 nitrogen and oxygen atoms in total. The second-order valence-corrected chi connectivity index (χ2v) is 10.4. The number of ether oxygens (including phenoxy) is 1. The molecule has 0 radical (unpaired) electrons. The van der Waals surface area contributed by atoms with Crippen molar-refractivity contribution >= 4 is 28.6 Å². The van der Waals surface area contributed by atoms with Gasteiger partial charge in [-0.05, 0) is 54.2 Å². The van der Waals surface area contributed by atoms with Crippen molar-refractivity contribution in [2.45, 2.75) is 60.3 Å². The van der Waals surface area contributed by atoms with Crippen LogP contribution in [0.5, 0.6) is 5.75 Å². The van der Waals surface area contributed by atoms with Crippen molar-refractivity contribution in [1.82, 2.24) is 15.6 Å². The highest BCUT2D eigenvalue weighted by molar-refractivity contribution is 14.1. The number of urea groups is 1. The van der Waals surface area contributed by atoms with E-state index in [-0.39, 0.29) is 17.7 Å². The molecule has 2 aromatic carbocycles. The lowest BCUT2D eigenvalue weighted by molar-refractivity contribution is -0.253. The Bertz CT molecular complexity index is 1300. The summed E-state index contributed by atoms with van der Waals surface area (Å²) >= 11 is 2.15. The first-order valence-corrected chi connectivity index (χ1v) is 14.0. The molecule has 1 heterocycles. The van der Waals surface area contributed by atoms with Crippen molar-refractivity contribution in [3.8, 4) is 5.75 Å². The lowest BCUT2D eigenvalue weighted by atomic mass is 9.80. The molecule has 0 spiro atoms. The summed E-state index contributed by atoms with van der Waals surface area (Å²) in [5.41, 5.74) is 0.0426. The van der Waals surface area contributed by atoms with Crippen LogP contribution in [0.15, 0.2) is 66.9 Å². The number of alkyl halides is 5. The summed E-state index contributed by atoms with van der Waals surface area (Å²) in [5, 5.41) is 15.8. The first-order chi connectivity index (χ1) is 19.0. The Labute approximate surface area is 241 Å². The van der Waals surface area contributed by atoms with Crippen molar-refractivity contribution < 1.29 is 36.6 Å². The van der Waals surface area contributed by atoms with Crippen molar-refractivity contribution in [3.05, 3.63) is 95.1 Å². The largest absolute Gasteiger partial charge is 0.461 e. The van der Waals surface area contributed by atoms with Gasteiger partial charge in [-0.15, -0.1) is 0 Å². The highest BCUT2D eigenvalue weighted by Gasteiger charge is 2.45. The zero-order valence-corrected chi connectivity index (χ0v) is 23.3. The fraction of sp³-hybridized carbons (Fsp3) is 0.357. The van der Waals surface area contributed by atoms with Crippen molar-refractivity contribution in [2.24, 2.45) is 0 Å². The summed E-state index contributed by atoms with van der Waals surface area (Å²) in [6.45, 7) is 0. The van der Waals surface area contributed by atoms with Crippen LogP contribution in [0.3, 0.4) is 0 Å². The fourth-order valence-corrected chi connectivity index (χ4v) is 5.21. The summed E-state index contributed by atoms with van der Waals surface area (Å²) in [6.07, 6.45) is -6.45. The van der Waals surface area contributed by atoms with Crippen LogP contribution in [0.4, 0.5) is 26.7 Å². The quantitative estimate of drug-likeness (QED) is 0.138. The minimum absolute atomic E-state index is 0.0147. The average Bonchev–Trinajstić information content (AvgIpc) is 3.32. The predicted molar refractivity (Wildman–Crippen MR) is 146 cm³/mol. The molecule has 12 heteroatoms. The number of aliphatic hydroxyl groups is 1. The zero-order valence-electron chi connectivity index (χ0n) is 21.1. The van der Waals surface area contributed by atoms with E-state index in [4.69, 9.17) is 0 Å². The third kappa shape index (κ3) is 7.00. The Kier molecular flexibility index (Phi) is 9.49. The monoisotopic (exact) mass is 675 g/mol. The minimum atomic E-state index is -4.88. The number of halogens is 6. The van der Waals surface area contributed by atoms with Gasteiger partial charge in [-0.2, -0.15) is 17.6 Å². The molecule has 1 aliphatic rings. The normalized spacial score (nSPS) is 18.8. The number of aromatic nitrogens is 1. The molecule has 0 bridgehead atoms. The number of rotatable bonds is 10. The third-order valence-corrected chi connectivity index (χ3v) is 7.60. The SMILES string of the molecule is O=C(NC1CCC[C@H]1O)N[C@@](Cc1ccccc1)(c1cc(F)cc(OC(F)(F)C(F)F)c1)c1ccc(CI)cn1. The molecule has 1 fully saturated rings. The topological polar surface area (TPSA) is 83.5 Å². The molecular formula is C28H27F5IN3O3. The van der Waals surface area contributed by atoms with Crippen LogP contribution in [-0.4, -0.2) is 40.8 Å². The van der Waals surface area contributed by atoms with E-state index in [2.05, 4.69) is 42.9 Å². The number of aliphatic hydroxyl groups excluding tert-OH is 1. The lowest BCUT2D eigenvalue weighted by Crippen LogP contribution is -2.55. The zero-order chi connectivity index (χ0) is 28.9. The van der Waals surface area contributed by atoms with E-state index >= 15 is 0 Å². The maximum Gasteiger partial charge on any atom is 0.461 e. The molecule has 214 valence electrons. The van der Waals surface area contributed by atoms with Gasteiger partial charge in [-0.25, -0.2) is 9.18 Å². The van der Waals surface area contributed by atoms with Crippen LogP contribution in [0.2, 0.25) is 0 Å². The van der Waals surface area contributed by atoms with Gasteiger partial charge in [0.2, 0.25) is 0 Å². The minimum Gasteiger partial charge on any atom is -0.428 e. The Balaban J connectivity index is 1.87. The van der Waals surface area contributed by atoms with Gasteiger partial charge in [0.25, 0.3) is 0 Å². The van der Waals surface area contributed by atoms with E-state index in [1.807, 2.05) is 0 Å². The van der Waals surface area contributed by atoms with Crippen LogP contribution in [-0.2, 0) is 16.4 Å². The highest BCUT2D eigenvalue weighted by atomic mass is 127. The fourth-order valence-electron chi connectivity index (χ4n) is 4.76. The van der Waals surface area contributed by atoms with E-state index in [0.717, 1.165) is 17.7 Å². The number of nitrogens with zero attached hydrogens (tertiary/aromatic N) is 1. The molecule has 2 amide bonds. The van der Waals surface area contributed by atoms with Crippen LogP contribution in [0.25, 0.3) is 0 Å². The number of benzene rings is 2. The number of pyridine rings is 1. The van der Waals surface area contributed by atoms with Gasteiger partial charge < -0.3 is 20.5 Å². The molecule has 0 aliphatic heterocycles. The number of amides is 2. The molecule has 40 heavy (non-hydrogen) atoms. The van der Waals surface area contributed by atoms with Gasteiger partial charge in [-0.1, -0.05) is 59.0 Å². The Morgan fingerprint density at radius 3 is 2.45 bits per heavy atom. The van der Waals surface area contributed by atoms with Crippen molar-refractivity contribution in [3.63, 3.8) is 0 Å². The maximum atomic E-state index is 14.9. The molecule has 1 unspecified atom stereocenters. The summed E-state index contributed by atoms with van der Waals surface area (Å²) in [5.74, 6) is -1.90. The summed E-state index contributed by atoms with van der Waals surface area (Å²) in [7, 11) is 0. The molecule has 1 aromatic heterocycles. The maximum absolute atomic E-state index is 14.9. The van der Waals surface area contributed by atoms with Crippen LogP contribution in [0.1, 0.15) is 41.6 Å². The van der Waals surface area contributed by atoms with Crippen molar-refractivity contribution in [2.75, 3.05) is 0 Å². The average molecular weight is 675 g/mol. The molecule has 1 saturated carbocycles. The molecule has 3 N–H and O–H groups in total. The molecule has 3 atom stereocenters. The van der Waals surface area contributed by atoms with Gasteiger partial charge in [-0.3, -0.25) is 4.98 Å². The highest BCUT2D eigenvalue weighted by Crippen LogP contribution is 2.37. The van der Waals surface area contributed by atoms with Gasteiger partial charge in [0.05, 0.1) is 17.8 Å². The summed E-state index contributed by atoms with van der Waals surface area (Å²) < 4.78 is 73.2. The number of hydrogen-bond acceptors (Lipinski definition) is 4. The van der Waals surface area contributed by atoms with Gasteiger partial charge in [0.15, 0.2) is 0 Å². The number of carbonyl (C=O) groups is 1. The second kappa shape index (κ2) is 12.7. The molecule has 3 aromatic rings. The smallest absolute Gasteiger partial charge is 0.428 e. The number of hydrogen-bond donors (Lipinski definition) is 3. The Morgan fingerprint density at radius 2 is 1.85 bits per heavy atom. The van der Waals surface area contributed by atoms with E-state index in [9.17, 15) is 31.9 Å². The molecule has 1 aliphatic carbocycles. The van der Waals surface area contributed by atoms with Gasteiger partial charge in [0, 0.05) is 23.1 Å². The third-order valence-electron chi connectivity index (χ3n) is 6.72. The van der Waals surface area contributed by atoms with E-state index in [0.29, 0.717) is 35.3 Å². The molecule has 0 saturated heterocycles. The summed E-state index contributed by atoms with van der Waals surface area (Å²) in [4.78, 5) is 17.9. The molecular weight excluding hydrogens is 648 g/mol. The van der Waals surface area contributed by atoms with Crippen LogP contribution < -0.4 is 15.4 Å². The van der Waals surface area contributed by atoms with Crippen LogP contribution >= 0.6 is 22.6 Å². The standard InChI is InChI=1S/C28H27F5IN3O3/c29-20-11-19(12-21(13-20)40-28(32,33)25(30)31)27(14-17-5-2-1-3-6-17,24-10-9-18(15-34)16-35-24)37-26(39)36-22-7-4-8-23(22)38/h1-3,5-6,9-13,16,22-23,25,38H,4,7-8,14-15H2,(H2,36,37,39)/t22?,23-,27+/m1/s1. The van der Waals surface area contributed by atoms with E-state index < -0.39 is 47.8 Å². The first kappa shape index (κ1) is 30.0. The van der Waals surface area contributed by atoms with E-state index in [1.54, 1.807) is 48.7 Å². The molecule has 4 rings (SSSR count). The second-order valence-electron chi connectivity index (χ2n) is 9.60. The summed E-state index contributed by atoms with van der Waals surface area (Å²) in [6, 6.07) is 13.5. The number of carbonyl (C=O) groups excluding carboxylic acids is 1. The Hall–Kier alpha value is -3.00. The predicted octanol–water partition coefficient (Wildman–Crippen LogP) is 6.09. The van der Waals surface area contributed by atoms with E-state index in [1.165, 1.54) is 0 Å². The lowest BCUT2D eigenvalue weighted by Gasteiger charge is -2.36. The van der Waals surface area contributed by atoms with Gasteiger partial charge in [0.1, 0.15) is 17.1 Å². The van der Waals surface area contributed by atoms with Crippen molar-refractivity contribution in [1.29, 1.82) is 0 Å². The Morgan fingerprint density at radius 1 is 1.10 bits per heavy atom. The number of nitrogens with one attached hydrogen (secondary N) is 2. The first-order valence-electron chi connectivity index (χ1n) is 12.5. The van der Waals surface area contributed by atoms with Crippen LogP contribution in [0, 0.1) is 5.82 Å². The van der Waals surface area contributed by atoms with Gasteiger partial charge >= 0.3 is 18.6 Å².